The molecular weight excluding hydrogens is 182 g/mol. The van der Waals surface area contributed by atoms with Gasteiger partial charge in [0, 0.05) is 19.7 Å². The van der Waals surface area contributed by atoms with Crippen molar-refractivity contribution in [2.75, 3.05) is 26.2 Å². The van der Waals surface area contributed by atoms with E-state index in [-0.39, 0.29) is 11.9 Å². The van der Waals surface area contributed by atoms with E-state index in [0.717, 1.165) is 32.5 Å². The minimum atomic E-state index is 0.266. The molecule has 3 N–H and O–H groups in total. The first-order valence-corrected chi connectivity index (χ1v) is 5.06. The maximum Gasteiger partial charge on any atom is 0.153 e. The van der Waals surface area contributed by atoms with E-state index in [1.807, 2.05) is 0 Å². The standard InChI is InChI=1S/C9H19N3O2/c1-2-8-6-12(4-3-5-14-8)7-9(10)11-13/h8,13H,2-7H2,1H3,(H2,10,11). The summed E-state index contributed by atoms with van der Waals surface area (Å²) in [7, 11) is 0. The van der Waals surface area contributed by atoms with Gasteiger partial charge in [0.1, 0.15) is 0 Å². The summed E-state index contributed by atoms with van der Waals surface area (Å²) >= 11 is 0. The first-order valence-electron chi connectivity index (χ1n) is 5.06. The summed E-state index contributed by atoms with van der Waals surface area (Å²) in [5, 5.41) is 11.4. The van der Waals surface area contributed by atoms with Crippen LogP contribution in [0, 0.1) is 0 Å². The van der Waals surface area contributed by atoms with Gasteiger partial charge in [-0.3, -0.25) is 4.90 Å². The van der Waals surface area contributed by atoms with E-state index >= 15 is 0 Å². The van der Waals surface area contributed by atoms with Gasteiger partial charge in [0.2, 0.25) is 0 Å². The maximum atomic E-state index is 8.46. The lowest BCUT2D eigenvalue weighted by atomic mass is 10.2. The van der Waals surface area contributed by atoms with Crippen LogP contribution >= 0.6 is 0 Å². The van der Waals surface area contributed by atoms with Crippen LogP contribution in [-0.2, 0) is 4.74 Å². The lowest BCUT2D eigenvalue weighted by molar-refractivity contribution is 0.0537. The highest BCUT2D eigenvalue weighted by molar-refractivity contribution is 5.81. The van der Waals surface area contributed by atoms with Gasteiger partial charge in [-0.1, -0.05) is 12.1 Å². The van der Waals surface area contributed by atoms with E-state index in [4.69, 9.17) is 15.7 Å². The van der Waals surface area contributed by atoms with Crippen molar-refractivity contribution in [3.8, 4) is 0 Å². The van der Waals surface area contributed by atoms with Crippen LogP contribution in [-0.4, -0.2) is 48.3 Å². The van der Waals surface area contributed by atoms with Crippen molar-refractivity contribution in [2.45, 2.75) is 25.9 Å². The fraction of sp³-hybridized carbons (Fsp3) is 0.889. The van der Waals surface area contributed by atoms with Crippen LogP contribution in [0.1, 0.15) is 19.8 Å². The highest BCUT2D eigenvalue weighted by atomic mass is 16.5. The van der Waals surface area contributed by atoms with Crippen LogP contribution in [0.4, 0.5) is 0 Å². The number of ether oxygens (including phenoxy) is 1. The Labute approximate surface area is 84.5 Å². The SMILES string of the molecule is CCC1CN(C/C(N)=N/O)CCCO1. The fourth-order valence-electron chi connectivity index (χ4n) is 1.62. The predicted octanol–water partition coefficient (Wildman–Crippen LogP) is 0.234. The van der Waals surface area contributed by atoms with Crippen LogP contribution in [0.15, 0.2) is 5.16 Å². The Morgan fingerprint density at radius 3 is 3.14 bits per heavy atom. The Bertz CT molecular complexity index is 196. The van der Waals surface area contributed by atoms with E-state index in [0.29, 0.717) is 6.54 Å². The molecule has 0 spiro atoms. The van der Waals surface area contributed by atoms with Crippen molar-refractivity contribution in [3.63, 3.8) is 0 Å². The summed E-state index contributed by atoms with van der Waals surface area (Å²) in [4.78, 5) is 2.16. The molecule has 1 unspecified atom stereocenters. The number of nitrogens with zero attached hydrogens (tertiary/aromatic N) is 2. The largest absolute Gasteiger partial charge is 0.409 e. The van der Waals surface area contributed by atoms with Crippen LogP contribution in [0.3, 0.4) is 0 Å². The number of nitrogens with two attached hydrogens (primary N) is 1. The van der Waals surface area contributed by atoms with Crippen molar-refractivity contribution in [2.24, 2.45) is 10.9 Å². The molecule has 1 fully saturated rings. The van der Waals surface area contributed by atoms with E-state index in [1.165, 1.54) is 0 Å². The molecule has 1 aliphatic rings. The third kappa shape index (κ3) is 3.51. The molecule has 1 saturated heterocycles. The monoisotopic (exact) mass is 201 g/mol. The highest BCUT2D eigenvalue weighted by Crippen LogP contribution is 2.07. The van der Waals surface area contributed by atoms with Crippen molar-refractivity contribution in [1.82, 2.24) is 4.90 Å². The number of amidine groups is 1. The zero-order chi connectivity index (χ0) is 10.4. The van der Waals surface area contributed by atoms with Gasteiger partial charge in [0.15, 0.2) is 5.84 Å². The summed E-state index contributed by atoms with van der Waals surface area (Å²) in [6, 6.07) is 0. The molecule has 5 nitrogen and oxygen atoms in total. The number of rotatable bonds is 3. The molecule has 0 aromatic carbocycles. The molecule has 82 valence electrons. The molecule has 1 rings (SSSR count). The van der Waals surface area contributed by atoms with Crippen LogP contribution < -0.4 is 5.73 Å². The number of oxime groups is 1. The van der Waals surface area contributed by atoms with Gasteiger partial charge in [0.25, 0.3) is 0 Å². The molecule has 0 bridgehead atoms. The summed E-state index contributed by atoms with van der Waals surface area (Å²) < 4.78 is 5.61. The summed E-state index contributed by atoms with van der Waals surface area (Å²) in [5.41, 5.74) is 5.46. The summed E-state index contributed by atoms with van der Waals surface area (Å²) in [6.45, 7) is 5.26. The van der Waals surface area contributed by atoms with E-state index in [2.05, 4.69) is 17.0 Å². The highest BCUT2D eigenvalue weighted by Gasteiger charge is 2.17. The van der Waals surface area contributed by atoms with E-state index < -0.39 is 0 Å². The Hall–Kier alpha value is -0.810. The molecule has 1 heterocycles. The van der Waals surface area contributed by atoms with Gasteiger partial charge < -0.3 is 15.7 Å². The molecule has 0 saturated carbocycles. The first kappa shape index (κ1) is 11.3. The third-order valence-corrected chi connectivity index (χ3v) is 2.40. The van der Waals surface area contributed by atoms with Gasteiger partial charge in [0.05, 0.1) is 12.6 Å². The normalized spacial score (nSPS) is 26.1. The number of hydrogen-bond acceptors (Lipinski definition) is 4. The Kier molecular flexibility index (Phi) is 4.69. The lowest BCUT2D eigenvalue weighted by Gasteiger charge is -2.21. The van der Waals surface area contributed by atoms with Crippen molar-refractivity contribution in [3.05, 3.63) is 0 Å². The third-order valence-electron chi connectivity index (χ3n) is 2.40. The lowest BCUT2D eigenvalue weighted by Crippen LogP contribution is -2.38. The second-order valence-electron chi connectivity index (χ2n) is 3.58. The molecule has 0 aromatic heterocycles. The van der Waals surface area contributed by atoms with Gasteiger partial charge in [-0.05, 0) is 12.8 Å². The minimum absolute atomic E-state index is 0.266. The van der Waals surface area contributed by atoms with Crippen LogP contribution in [0.25, 0.3) is 0 Å². The topological polar surface area (TPSA) is 71.1 Å². The van der Waals surface area contributed by atoms with Gasteiger partial charge in [-0.25, -0.2) is 0 Å². The van der Waals surface area contributed by atoms with Crippen molar-refractivity contribution in [1.29, 1.82) is 0 Å². The zero-order valence-corrected chi connectivity index (χ0v) is 8.65. The smallest absolute Gasteiger partial charge is 0.153 e. The molecule has 5 heteroatoms. The zero-order valence-electron chi connectivity index (χ0n) is 8.65. The van der Waals surface area contributed by atoms with Crippen molar-refractivity contribution >= 4 is 5.84 Å². The molecule has 14 heavy (non-hydrogen) atoms. The van der Waals surface area contributed by atoms with Gasteiger partial charge in [-0.15, -0.1) is 0 Å². The predicted molar refractivity (Wildman–Crippen MR) is 54.5 cm³/mol. The molecule has 0 aliphatic carbocycles. The quantitative estimate of drug-likeness (QED) is 0.297. The Morgan fingerprint density at radius 2 is 2.50 bits per heavy atom. The Morgan fingerprint density at radius 1 is 1.71 bits per heavy atom. The van der Waals surface area contributed by atoms with Crippen LogP contribution in [0.2, 0.25) is 0 Å². The molecule has 0 radical (unpaired) electrons. The minimum Gasteiger partial charge on any atom is -0.409 e. The van der Waals surface area contributed by atoms with Crippen LogP contribution in [0.5, 0.6) is 0 Å². The second kappa shape index (κ2) is 5.82. The molecular formula is C9H19N3O2. The summed E-state index contributed by atoms with van der Waals surface area (Å²) in [6.07, 6.45) is 2.30. The maximum absolute atomic E-state index is 8.46. The summed E-state index contributed by atoms with van der Waals surface area (Å²) in [5.74, 6) is 0.266. The molecule has 1 aliphatic heterocycles. The number of hydrogen-bond donors (Lipinski definition) is 2. The van der Waals surface area contributed by atoms with E-state index in [9.17, 15) is 0 Å². The Balaban J connectivity index is 2.42. The molecule has 1 atom stereocenters. The fourth-order valence-corrected chi connectivity index (χ4v) is 1.62. The molecule has 0 amide bonds. The molecule has 0 aromatic rings. The average Bonchev–Trinajstić information content (AvgIpc) is 2.42. The van der Waals surface area contributed by atoms with Crippen molar-refractivity contribution < 1.29 is 9.94 Å². The average molecular weight is 201 g/mol. The van der Waals surface area contributed by atoms with E-state index in [1.54, 1.807) is 0 Å². The first-order chi connectivity index (χ1) is 6.76. The van der Waals surface area contributed by atoms with Gasteiger partial charge >= 0.3 is 0 Å². The second-order valence-corrected chi connectivity index (χ2v) is 3.58. The van der Waals surface area contributed by atoms with Gasteiger partial charge in [-0.2, -0.15) is 0 Å².